The summed E-state index contributed by atoms with van der Waals surface area (Å²) in [7, 11) is 0. The lowest BCUT2D eigenvalue weighted by molar-refractivity contribution is 1.17. The van der Waals surface area contributed by atoms with Crippen molar-refractivity contribution in [3.63, 3.8) is 0 Å². The SMILES string of the molecule is c1ccc2c(-c3nc(-c4ccc(-c5ccncc5)cc4)cc(-c4ccc(-n5c6ccccc6c6ccccc65)cc4)n3)cccc2c1. The third-order valence-electron chi connectivity index (χ3n) is 8.95. The molecule has 0 fully saturated rings. The number of pyridine rings is 1. The van der Waals surface area contributed by atoms with Crippen molar-refractivity contribution in [2.75, 3.05) is 0 Å². The molecule has 3 aromatic heterocycles. The highest BCUT2D eigenvalue weighted by Gasteiger charge is 2.15. The first-order valence-electron chi connectivity index (χ1n) is 15.8. The molecule has 4 nitrogen and oxygen atoms in total. The van der Waals surface area contributed by atoms with Crippen LogP contribution in [0.1, 0.15) is 0 Å². The second kappa shape index (κ2) is 11.2. The van der Waals surface area contributed by atoms with Crippen molar-refractivity contribution in [3.8, 4) is 50.7 Å². The van der Waals surface area contributed by atoms with Crippen molar-refractivity contribution < 1.29 is 0 Å². The predicted octanol–water partition coefficient (Wildman–Crippen LogP) is 10.8. The van der Waals surface area contributed by atoms with Gasteiger partial charge >= 0.3 is 0 Å². The first kappa shape index (κ1) is 27.0. The van der Waals surface area contributed by atoms with E-state index in [0.717, 1.165) is 55.7 Å². The number of para-hydroxylation sites is 2. The zero-order valence-corrected chi connectivity index (χ0v) is 25.5. The van der Waals surface area contributed by atoms with Gasteiger partial charge in [-0.1, -0.05) is 115 Å². The molecule has 0 unspecified atom stereocenters. The zero-order chi connectivity index (χ0) is 31.2. The molecule has 0 spiro atoms. The fraction of sp³-hybridized carbons (Fsp3) is 0. The highest BCUT2D eigenvalue weighted by Crippen LogP contribution is 2.35. The average Bonchev–Trinajstić information content (AvgIpc) is 3.49. The van der Waals surface area contributed by atoms with E-state index in [1.807, 2.05) is 24.5 Å². The fourth-order valence-electron chi connectivity index (χ4n) is 6.64. The van der Waals surface area contributed by atoms with Gasteiger partial charge in [0.05, 0.1) is 22.4 Å². The van der Waals surface area contributed by atoms with Crippen LogP contribution >= 0.6 is 0 Å². The van der Waals surface area contributed by atoms with Gasteiger partial charge in [-0.2, -0.15) is 0 Å². The van der Waals surface area contributed by atoms with Crippen molar-refractivity contribution in [2.24, 2.45) is 0 Å². The molecule has 4 heteroatoms. The predicted molar refractivity (Wildman–Crippen MR) is 193 cm³/mol. The van der Waals surface area contributed by atoms with Crippen LogP contribution in [0, 0.1) is 0 Å². The number of fused-ring (bicyclic) bond motifs is 4. The molecule has 0 aliphatic carbocycles. The third-order valence-corrected chi connectivity index (χ3v) is 8.95. The Balaban J connectivity index is 1.18. The van der Waals surface area contributed by atoms with Gasteiger partial charge in [0.15, 0.2) is 5.82 Å². The summed E-state index contributed by atoms with van der Waals surface area (Å²) in [6.45, 7) is 0. The lowest BCUT2D eigenvalue weighted by Gasteiger charge is -2.13. The molecular formula is C43H28N4. The van der Waals surface area contributed by atoms with Gasteiger partial charge in [-0.15, -0.1) is 0 Å². The van der Waals surface area contributed by atoms with Gasteiger partial charge < -0.3 is 4.57 Å². The van der Waals surface area contributed by atoms with E-state index < -0.39 is 0 Å². The van der Waals surface area contributed by atoms with Crippen LogP contribution < -0.4 is 0 Å². The van der Waals surface area contributed by atoms with E-state index >= 15 is 0 Å². The number of benzene rings is 6. The number of nitrogens with zero attached hydrogens (tertiary/aromatic N) is 4. The van der Waals surface area contributed by atoms with E-state index in [0.29, 0.717) is 5.82 Å². The van der Waals surface area contributed by atoms with Gasteiger partial charge in [-0.3, -0.25) is 4.98 Å². The molecule has 0 radical (unpaired) electrons. The summed E-state index contributed by atoms with van der Waals surface area (Å²) in [4.78, 5) is 14.5. The molecule has 47 heavy (non-hydrogen) atoms. The van der Waals surface area contributed by atoms with Gasteiger partial charge in [0.1, 0.15) is 0 Å². The average molecular weight is 601 g/mol. The lowest BCUT2D eigenvalue weighted by Crippen LogP contribution is -1.97. The van der Waals surface area contributed by atoms with Gasteiger partial charge in [0.25, 0.3) is 0 Å². The molecule has 0 aliphatic rings. The van der Waals surface area contributed by atoms with Gasteiger partial charge in [-0.05, 0) is 64.4 Å². The summed E-state index contributed by atoms with van der Waals surface area (Å²) >= 11 is 0. The Kier molecular flexibility index (Phi) is 6.43. The minimum Gasteiger partial charge on any atom is -0.309 e. The smallest absolute Gasteiger partial charge is 0.161 e. The summed E-state index contributed by atoms with van der Waals surface area (Å²) < 4.78 is 2.34. The molecule has 0 saturated heterocycles. The van der Waals surface area contributed by atoms with E-state index in [4.69, 9.17) is 9.97 Å². The second-order valence-corrected chi connectivity index (χ2v) is 11.7. The molecule has 0 saturated carbocycles. The van der Waals surface area contributed by atoms with E-state index in [1.54, 1.807) is 0 Å². The Hall–Kier alpha value is -6.39. The molecular weight excluding hydrogens is 573 g/mol. The van der Waals surface area contributed by atoms with Crippen LogP contribution in [0.15, 0.2) is 170 Å². The van der Waals surface area contributed by atoms with Crippen molar-refractivity contribution >= 4 is 32.6 Å². The number of rotatable bonds is 5. The normalized spacial score (nSPS) is 11.4. The summed E-state index contributed by atoms with van der Waals surface area (Å²) in [5, 5.41) is 4.80. The molecule has 3 heterocycles. The van der Waals surface area contributed by atoms with Crippen LogP contribution in [0.3, 0.4) is 0 Å². The summed E-state index contributed by atoms with van der Waals surface area (Å²) in [5.74, 6) is 0.707. The summed E-state index contributed by atoms with van der Waals surface area (Å²) in [6, 6.07) is 55.4. The Morgan fingerprint density at radius 3 is 1.57 bits per heavy atom. The maximum Gasteiger partial charge on any atom is 0.161 e. The minimum atomic E-state index is 0.707. The van der Waals surface area contributed by atoms with Crippen LogP contribution in [0.25, 0.3) is 83.3 Å². The Morgan fingerprint density at radius 1 is 0.404 bits per heavy atom. The van der Waals surface area contributed by atoms with Crippen LogP contribution in [0.2, 0.25) is 0 Å². The molecule has 0 atom stereocenters. The quantitative estimate of drug-likeness (QED) is 0.197. The number of hydrogen-bond acceptors (Lipinski definition) is 3. The molecule has 9 rings (SSSR count). The first-order valence-corrected chi connectivity index (χ1v) is 15.8. The Labute approximate surface area is 272 Å². The van der Waals surface area contributed by atoms with E-state index in [9.17, 15) is 0 Å². The highest BCUT2D eigenvalue weighted by molar-refractivity contribution is 6.09. The first-order chi connectivity index (χ1) is 23.3. The molecule has 0 aliphatic heterocycles. The van der Waals surface area contributed by atoms with Crippen LogP contribution in [0.4, 0.5) is 0 Å². The van der Waals surface area contributed by atoms with Gasteiger partial charge in [0, 0.05) is 45.5 Å². The molecule has 0 bridgehead atoms. The van der Waals surface area contributed by atoms with Crippen LogP contribution in [-0.2, 0) is 0 Å². The topological polar surface area (TPSA) is 43.6 Å². The van der Waals surface area contributed by atoms with E-state index in [1.165, 1.54) is 21.8 Å². The summed E-state index contributed by atoms with van der Waals surface area (Å²) in [5.41, 5.74) is 10.6. The fourth-order valence-corrected chi connectivity index (χ4v) is 6.64. The molecule has 220 valence electrons. The number of hydrogen-bond donors (Lipinski definition) is 0. The van der Waals surface area contributed by atoms with E-state index in [2.05, 4.69) is 155 Å². The number of aromatic nitrogens is 4. The monoisotopic (exact) mass is 600 g/mol. The Morgan fingerprint density at radius 2 is 0.915 bits per heavy atom. The zero-order valence-electron chi connectivity index (χ0n) is 25.5. The lowest BCUT2D eigenvalue weighted by atomic mass is 10.0. The molecule has 6 aromatic carbocycles. The highest BCUT2D eigenvalue weighted by atomic mass is 15.0. The maximum atomic E-state index is 5.18. The van der Waals surface area contributed by atoms with Crippen molar-refractivity contribution in [1.82, 2.24) is 19.5 Å². The van der Waals surface area contributed by atoms with Crippen LogP contribution in [0.5, 0.6) is 0 Å². The van der Waals surface area contributed by atoms with Crippen molar-refractivity contribution in [2.45, 2.75) is 0 Å². The van der Waals surface area contributed by atoms with E-state index in [-0.39, 0.29) is 0 Å². The largest absolute Gasteiger partial charge is 0.309 e. The second-order valence-electron chi connectivity index (χ2n) is 11.7. The van der Waals surface area contributed by atoms with Crippen molar-refractivity contribution in [3.05, 3.63) is 170 Å². The minimum absolute atomic E-state index is 0.707. The maximum absolute atomic E-state index is 5.18. The molecule has 0 N–H and O–H groups in total. The van der Waals surface area contributed by atoms with Crippen LogP contribution in [-0.4, -0.2) is 19.5 Å². The third kappa shape index (κ3) is 4.75. The van der Waals surface area contributed by atoms with Gasteiger partial charge in [0.2, 0.25) is 0 Å². The van der Waals surface area contributed by atoms with Gasteiger partial charge in [-0.25, -0.2) is 9.97 Å². The molecule has 9 aromatic rings. The van der Waals surface area contributed by atoms with Crippen molar-refractivity contribution in [1.29, 1.82) is 0 Å². The standard InChI is InChI=1S/C43H28N4/c1-2-10-35-31(8-1)9-7-13-38(35)43-45-39(32-18-16-29(17-19-32)30-24-26-44-27-25-30)28-40(46-43)33-20-22-34(23-21-33)47-41-14-5-3-11-36(41)37-12-4-6-15-42(37)47/h1-28H. The summed E-state index contributed by atoms with van der Waals surface area (Å²) in [6.07, 6.45) is 3.64. The molecule has 0 amide bonds. The Bertz CT molecular complexity index is 2490.